The highest BCUT2D eigenvalue weighted by Crippen LogP contribution is 2.34. The van der Waals surface area contributed by atoms with E-state index >= 15 is 0 Å². The number of carbonyl (C=O) groups excluding carboxylic acids is 1. The van der Waals surface area contributed by atoms with E-state index in [4.69, 9.17) is 16.3 Å². The van der Waals surface area contributed by atoms with Gasteiger partial charge in [0.05, 0.1) is 11.1 Å². The summed E-state index contributed by atoms with van der Waals surface area (Å²) in [5, 5.41) is 3.33. The van der Waals surface area contributed by atoms with Gasteiger partial charge in [0, 0.05) is 26.6 Å². The molecule has 0 saturated carbocycles. The van der Waals surface area contributed by atoms with Crippen molar-refractivity contribution in [3.8, 4) is 5.75 Å². The summed E-state index contributed by atoms with van der Waals surface area (Å²) >= 11 is 6.38. The number of nitrogens with one attached hydrogen (secondary N) is 1. The van der Waals surface area contributed by atoms with Gasteiger partial charge in [0.15, 0.2) is 0 Å². The summed E-state index contributed by atoms with van der Waals surface area (Å²) in [7, 11) is 0. The summed E-state index contributed by atoms with van der Waals surface area (Å²) in [6.45, 7) is 5.19. The minimum Gasteiger partial charge on any atom is -0.486 e. The number of hydrogen-bond donors (Lipinski definition) is 1. The van der Waals surface area contributed by atoms with E-state index in [1.54, 1.807) is 6.07 Å². The second kappa shape index (κ2) is 9.55. The van der Waals surface area contributed by atoms with Crippen LogP contribution in [0.1, 0.15) is 42.1 Å². The van der Waals surface area contributed by atoms with Crippen LogP contribution in [-0.2, 0) is 24.3 Å². The Morgan fingerprint density at radius 1 is 1.24 bits per heavy atom. The van der Waals surface area contributed by atoms with E-state index in [0.29, 0.717) is 10.8 Å². The van der Waals surface area contributed by atoms with Crippen LogP contribution in [0.25, 0.3) is 0 Å². The lowest BCUT2D eigenvalue weighted by atomic mass is 9.98. The highest BCUT2D eigenvalue weighted by molar-refractivity contribution is 6.33. The Kier molecular flexibility index (Phi) is 7.09. The van der Waals surface area contributed by atoms with Gasteiger partial charge in [-0.05, 0) is 41.7 Å². The summed E-state index contributed by atoms with van der Waals surface area (Å²) in [6.07, 6.45) is -1.78. The molecule has 0 saturated heterocycles. The molecule has 7 heteroatoms. The summed E-state index contributed by atoms with van der Waals surface area (Å²) in [6, 6.07) is 11.8. The summed E-state index contributed by atoms with van der Waals surface area (Å²) in [5.41, 5.74) is 4.34. The largest absolute Gasteiger partial charge is 0.486 e. The molecule has 0 fully saturated rings. The Morgan fingerprint density at radius 2 is 1.97 bits per heavy atom. The normalized spacial score (nSPS) is 15.1. The van der Waals surface area contributed by atoms with Crippen LogP contribution in [0.4, 0.5) is 8.78 Å². The maximum atomic E-state index is 12.4. The topological polar surface area (TPSA) is 41.6 Å². The molecule has 1 amide bonds. The quantitative estimate of drug-likeness (QED) is 0.700. The molecule has 4 nitrogen and oxygen atoms in total. The Bertz CT molecular complexity index is 859. The average molecular weight is 423 g/mol. The standard InChI is InChI=1S/C22H25ClF2N2O2/c1-14(26-15(2)28)17-5-3-16(4-6-17)11-27-10-9-19-18(12-27)7-8-20(22(19)23)29-13-21(24)25/h3-8,14,21H,9-13H2,1-2H3,(H,26,28). The van der Waals surface area contributed by atoms with Gasteiger partial charge in [-0.2, -0.15) is 0 Å². The van der Waals surface area contributed by atoms with Gasteiger partial charge in [0.25, 0.3) is 6.43 Å². The number of fused-ring (bicyclic) bond motifs is 1. The van der Waals surface area contributed by atoms with E-state index in [1.807, 2.05) is 25.1 Å². The number of rotatable bonds is 7. The lowest BCUT2D eigenvalue weighted by molar-refractivity contribution is -0.119. The number of amides is 1. The summed E-state index contributed by atoms with van der Waals surface area (Å²) < 4.78 is 29.9. The molecule has 3 rings (SSSR count). The molecule has 1 heterocycles. The van der Waals surface area contributed by atoms with E-state index in [-0.39, 0.29) is 11.9 Å². The molecule has 2 aromatic rings. The highest BCUT2D eigenvalue weighted by Gasteiger charge is 2.21. The lowest BCUT2D eigenvalue weighted by Gasteiger charge is -2.30. The average Bonchev–Trinajstić information content (AvgIpc) is 2.67. The first-order valence-electron chi connectivity index (χ1n) is 9.63. The molecule has 1 unspecified atom stereocenters. The minimum atomic E-state index is -2.52. The number of ether oxygens (including phenoxy) is 1. The van der Waals surface area contributed by atoms with Crippen LogP contribution in [-0.4, -0.2) is 30.4 Å². The van der Waals surface area contributed by atoms with E-state index < -0.39 is 13.0 Å². The second-order valence-electron chi connectivity index (χ2n) is 7.34. The van der Waals surface area contributed by atoms with Crippen molar-refractivity contribution in [3.05, 3.63) is 63.7 Å². The first kappa shape index (κ1) is 21.5. The van der Waals surface area contributed by atoms with Crippen molar-refractivity contribution in [2.75, 3.05) is 13.2 Å². The molecule has 0 aliphatic carbocycles. The van der Waals surface area contributed by atoms with Crippen LogP contribution in [0.3, 0.4) is 0 Å². The number of alkyl halides is 2. The molecule has 1 N–H and O–H groups in total. The van der Waals surface area contributed by atoms with Gasteiger partial charge >= 0.3 is 0 Å². The fourth-order valence-electron chi connectivity index (χ4n) is 3.61. The van der Waals surface area contributed by atoms with Crippen molar-refractivity contribution >= 4 is 17.5 Å². The predicted octanol–water partition coefficient (Wildman–Crippen LogP) is 4.74. The monoisotopic (exact) mass is 422 g/mol. The van der Waals surface area contributed by atoms with Crippen molar-refractivity contribution in [2.45, 2.75) is 45.8 Å². The van der Waals surface area contributed by atoms with Crippen LogP contribution in [0.15, 0.2) is 36.4 Å². The van der Waals surface area contributed by atoms with Crippen LogP contribution < -0.4 is 10.1 Å². The summed E-state index contributed by atoms with van der Waals surface area (Å²) in [5.74, 6) is 0.276. The van der Waals surface area contributed by atoms with Crippen LogP contribution in [0, 0.1) is 0 Å². The number of benzene rings is 2. The third-order valence-electron chi connectivity index (χ3n) is 5.05. The smallest absolute Gasteiger partial charge is 0.272 e. The maximum absolute atomic E-state index is 12.4. The van der Waals surface area contributed by atoms with Gasteiger partial charge in [-0.1, -0.05) is 41.9 Å². The van der Waals surface area contributed by atoms with Gasteiger partial charge < -0.3 is 10.1 Å². The van der Waals surface area contributed by atoms with Crippen molar-refractivity contribution in [1.29, 1.82) is 0 Å². The zero-order chi connectivity index (χ0) is 21.0. The SMILES string of the molecule is CC(=O)NC(C)c1ccc(CN2CCc3c(ccc(OCC(F)F)c3Cl)C2)cc1. The van der Waals surface area contributed by atoms with Crippen LogP contribution >= 0.6 is 11.6 Å². The van der Waals surface area contributed by atoms with Gasteiger partial charge in [0.1, 0.15) is 12.4 Å². The zero-order valence-electron chi connectivity index (χ0n) is 16.6. The Morgan fingerprint density at radius 3 is 2.62 bits per heavy atom. The minimum absolute atomic E-state index is 0.0213. The molecule has 156 valence electrons. The molecule has 0 bridgehead atoms. The number of carbonyl (C=O) groups is 1. The maximum Gasteiger partial charge on any atom is 0.272 e. The first-order valence-corrected chi connectivity index (χ1v) is 10.0. The van der Waals surface area contributed by atoms with Crippen molar-refractivity contribution in [1.82, 2.24) is 10.2 Å². The second-order valence-corrected chi connectivity index (χ2v) is 7.72. The van der Waals surface area contributed by atoms with Gasteiger partial charge in [-0.15, -0.1) is 0 Å². The van der Waals surface area contributed by atoms with Crippen LogP contribution in [0.2, 0.25) is 5.02 Å². The van der Waals surface area contributed by atoms with E-state index in [2.05, 4.69) is 22.3 Å². The molecule has 1 aliphatic rings. The fourth-order valence-corrected chi connectivity index (χ4v) is 3.94. The molecule has 1 aliphatic heterocycles. The molecule has 0 radical (unpaired) electrons. The molecule has 29 heavy (non-hydrogen) atoms. The summed E-state index contributed by atoms with van der Waals surface area (Å²) in [4.78, 5) is 13.5. The van der Waals surface area contributed by atoms with Crippen molar-refractivity contribution in [2.24, 2.45) is 0 Å². The van der Waals surface area contributed by atoms with E-state index in [0.717, 1.165) is 42.7 Å². The number of nitrogens with zero attached hydrogens (tertiary/aromatic N) is 1. The van der Waals surface area contributed by atoms with E-state index in [1.165, 1.54) is 12.5 Å². The third-order valence-corrected chi connectivity index (χ3v) is 5.46. The highest BCUT2D eigenvalue weighted by atomic mass is 35.5. The van der Waals surface area contributed by atoms with Gasteiger partial charge in [-0.25, -0.2) is 8.78 Å². The third kappa shape index (κ3) is 5.67. The number of halogens is 3. The van der Waals surface area contributed by atoms with Crippen molar-refractivity contribution in [3.63, 3.8) is 0 Å². The fraction of sp³-hybridized carbons (Fsp3) is 0.409. The molecule has 2 aromatic carbocycles. The van der Waals surface area contributed by atoms with Crippen molar-refractivity contribution < 1.29 is 18.3 Å². The Hall–Kier alpha value is -2.18. The van der Waals surface area contributed by atoms with Gasteiger partial charge in [-0.3, -0.25) is 9.69 Å². The zero-order valence-corrected chi connectivity index (χ0v) is 17.3. The first-order chi connectivity index (χ1) is 13.8. The molecule has 1 atom stereocenters. The Balaban J connectivity index is 1.62. The molecule has 0 aromatic heterocycles. The molecule has 0 spiro atoms. The molecular formula is C22H25ClF2N2O2. The van der Waals surface area contributed by atoms with E-state index in [9.17, 15) is 13.6 Å². The predicted molar refractivity (Wildman–Crippen MR) is 109 cm³/mol. The number of hydrogen-bond acceptors (Lipinski definition) is 3. The van der Waals surface area contributed by atoms with Crippen LogP contribution in [0.5, 0.6) is 5.75 Å². The van der Waals surface area contributed by atoms with Gasteiger partial charge in [0.2, 0.25) is 5.91 Å². The lowest BCUT2D eigenvalue weighted by Crippen LogP contribution is -2.30. The molecular weight excluding hydrogens is 398 g/mol. The Labute approximate surface area is 174 Å².